The van der Waals surface area contributed by atoms with Crippen LogP contribution in [0.5, 0.6) is 0 Å². The summed E-state index contributed by atoms with van der Waals surface area (Å²) in [4.78, 5) is 7.28. The Morgan fingerprint density at radius 3 is 2.18 bits per heavy atom. The summed E-state index contributed by atoms with van der Waals surface area (Å²) in [6, 6.07) is 16.6. The number of likely N-dealkylation sites (tertiary alicyclic amines) is 1. The zero-order chi connectivity index (χ0) is 19.6. The van der Waals surface area contributed by atoms with Crippen LogP contribution in [0.15, 0.2) is 65.4 Å². The summed E-state index contributed by atoms with van der Waals surface area (Å²) in [5, 5.41) is 6.89. The van der Waals surface area contributed by atoms with Gasteiger partial charge in [0.25, 0.3) is 0 Å². The summed E-state index contributed by atoms with van der Waals surface area (Å²) >= 11 is 0. The van der Waals surface area contributed by atoms with Gasteiger partial charge in [-0.15, -0.1) is 0 Å². The second-order valence-electron chi connectivity index (χ2n) is 7.82. The van der Waals surface area contributed by atoms with E-state index in [1.165, 1.54) is 30.4 Å². The van der Waals surface area contributed by atoms with Gasteiger partial charge in [0, 0.05) is 30.4 Å². The van der Waals surface area contributed by atoms with Crippen LogP contribution in [0, 0.1) is 13.8 Å². The molecule has 5 heteroatoms. The molecule has 0 aromatic heterocycles. The number of piperidine rings is 1. The number of aryl methyl sites for hydroxylation is 2. The number of benzene rings is 2. The van der Waals surface area contributed by atoms with Crippen molar-refractivity contribution in [2.45, 2.75) is 38.9 Å². The maximum Gasteiger partial charge on any atom is 0.212 e. The van der Waals surface area contributed by atoms with Crippen molar-refractivity contribution in [3.63, 3.8) is 0 Å². The minimum Gasteiger partial charge on any atom is -0.357 e. The molecule has 4 rings (SSSR count). The first-order chi connectivity index (χ1) is 13.5. The Morgan fingerprint density at radius 1 is 0.929 bits per heavy atom. The fourth-order valence-electron chi connectivity index (χ4n) is 3.70. The first-order valence-corrected chi connectivity index (χ1v) is 10.1. The van der Waals surface area contributed by atoms with Gasteiger partial charge < -0.3 is 15.5 Å². The quantitative estimate of drug-likeness (QED) is 0.763. The minimum atomic E-state index is -0.998. The molecule has 146 valence electrons. The number of anilines is 1. The number of nitrogens with two attached hydrogens (primary N) is 1. The lowest BCUT2D eigenvalue weighted by Crippen LogP contribution is -2.54. The summed E-state index contributed by atoms with van der Waals surface area (Å²) in [6.07, 6.45) is 5.75. The lowest BCUT2D eigenvalue weighted by atomic mass is 10.0. The van der Waals surface area contributed by atoms with Crippen LogP contribution >= 0.6 is 0 Å². The third kappa shape index (κ3) is 4.04. The summed E-state index contributed by atoms with van der Waals surface area (Å²) in [5.74, 6) is 0.807. The van der Waals surface area contributed by atoms with Crippen LogP contribution in [-0.2, 0) is 5.79 Å². The van der Waals surface area contributed by atoms with Crippen LogP contribution in [0.3, 0.4) is 0 Å². The van der Waals surface area contributed by atoms with E-state index in [4.69, 9.17) is 10.7 Å². The van der Waals surface area contributed by atoms with E-state index in [0.29, 0.717) is 0 Å². The predicted molar refractivity (Wildman–Crippen MR) is 116 cm³/mol. The molecule has 0 saturated carbocycles. The van der Waals surface area contributed by atoms with Crippen molar-refractivity contribution in [3.8, 4) is 0 Å². The monoisotopic (exact) mass is 375 g/mol. The van der Waals surface area contributed by atoms with E-state index in [2.05, 4.69) is 84.0 Å². The molecule has 0 radical (unpaired) electrons. The number of hydrogen-bond acceptors (Lipinski definition) is 5. The van der Waals surface area contributed by atoms with Crippen LogP contribution in [0.2, 0.25) is 0 Å². The highest BCUT2D eigenvalue weighted by Gasteiger charge is 2.32. The summed E-state index contributed by atoms with van der Waals surface area (Å²) in [6.45, 7) is 6.22. The van der Waals surface area contributed by atoms with Crippen molar-refractivity contribution in [1.29, 1.82) is 0 Å². The van der Waals surface area contributed by atoms with Gasteiger partial charge in [-0.3, -0.25) is 5.73 Å². The molecule has 0 amide bonds. The van der Waals surface area contributed by atoms with Crippen LogP contribution < -0.4 is 16.4 Å². The van der Waals surface area contributed by atoms with Crippen molar-refractivity contribution in [3.05, 3.63) is 77.1 Å². The van der Waals surface area contributed by atoms with Gasteiger partial charge in [0.15, 0.2) is 0 Å². The number of rotatable bonds is 3. The SMILES string of the molecule is Cc1ccc(NC2=CC(N3CCCCC3)=NC(N)(c3ccc(C)cc3)N2)cc1. The lowest BCUT2D eigenvalue weighted by Gasteiger charge is -2.37. The van der Waals surface area contributed by atoms with Gasteiger partial charge in [-0.1, -0.05) is 47.5 Å². The van der Waals surface area contributed by atoms with Crippen molar-refractivity contribution >= 4 is 11.5 Å². The van der Waals surface area contributed by atoms with Crippen LogP contribution in [0.1, 0.15) is 36.0 Å². The predicted octanol–water partition coefficient (Wildman–Crippen LogP) is 3.81. The molecule has 0 aliphatic carbocycles. The van der Waals surface area contributed by atoms with E-state index in [-0.39, 0.29) is 0 Å². The average molecular weight is 376 g/mol. The largest absolute Gasteiger partial charge is 0.357 e. The van der Waals surface area contributed by atoms with Crippen molar-refractivity contribution in [2.24, 2.45) is 10.7 Å². The molecule has 1 fully saturated rings. The van der Waals surface area contributed by atoms with Crippen molar-refractivity contribution in [2.75, 3.05) is 18.4 Å². The molecular weight excluding hydrogens is 346 g/mol. The minimum absolute atomic E-state index is 0.863. The maximum absolute atomic E-state index is 6.79. The molecule has 2 aromatic carbocycles. The Bertz CT molecular complexity index is 876. The topological polar surface area (TPSA) is 65.7 Å². The molecule has 2 aromatic rings. The highest BCUT2D eigenvalue weighted by Crippen LogP contribution is 2.25. The maximum atomic E-state index is 6.79. The van der Waals surface area contributed by atoms with Gasteiger partial charge in [0.2, 0.25) is 5.79 Å². The molecule has 4 N–H and O–H groups in total. The summed E-state index contributed by atoms with van der Waals surface area (Å²) < 4.78 is 0. The summed E-state index contributed by atoms with van der Waals surface area (Å²) in [7, 11) is 0. The molecule has 0 spiro atoms. The van der Waals surface area contributed by atoms with Gasteiger partial charge in [-0.25, -0.2) is 4.99 Å². The molecule has 2 aliphatic rings. The average Bonchev–Trinajstić information content (AvgIpc) is 2.70. The standard InChI is InChI=1S/C23H29N5/c1-17-6-10-19(11-7-17)23(24)26-21(25-20-12-8-18(2)9-13-20)16-22(27-23)28-14-4-3-5-15-28/h6-13,16,25-26H,3-5,14-15,24H2,1-2H3. The van der Waals surface area contributed by atoms with E-state index in [0.717, 1.165) is 36.0 Å². The molecule has 2 aliphatic heterocycles. The second-order valence-corrected chi connectivity index (χ2v) is 7.82. The van der Waals surface area contributed by atoms with E-state index < -0.39 is 5.79 Å². The summed E-state index contributed by atoms with van der Waals surface area (Å²) in [5.41, 5.74) is 11.2. The Balaban J connectivity index is 1.67. The van der Waals surface area contributed by atoms with E-state index in [9.17, 15) is 0 Å². The van der Waals surface area contributed by atoms with E-state index in [1.807, 2.05) is 0 Å². The smallest absolute Gasteiger partial charge is 0.212 e. The van der Waals surface area contributed by atoms with E-state index >= 15 is 0 Å². The van der Waals surface area contributed by atoms with Crippen molar-refractivity contribution < 1.29 is 0 Å². The normalized spacial score (nSPS) is 22.2. The fraction of sp³-hybridized carbons (Fsp3) is 0.348. The number of nitrogens with one attached hydrogen (secondary N) is 2. The Kier molecular flexibility index (Phi) is 5.09. The first kappa shape index (κ1) is 18.6. The van der Waals surface area contributed by atoms with Crippen molar-refractivity contribution in [1.82, 2.24) is 10.2 Å². The zero-order valence-corrected chi connectivity index (χ0v) is 16.7. The number of hydrogen-bond donors (Lipinski definition) is 3. The first-order valence-electron chi connectivity index (χ1n) is 10.1. The molecule has 5 nitrogen and oxygen atoms in total. The number of amidine groups is 1. The molecule has 2 heterocycles. The Morgan fingerprint density at radius 2 is 1.54 bits per heavy atom. The Hall–Kier alpha value is -2.79. The van der Waals surface area contributed by atoms with Gasteiger partial charge in [-0.05, 0) is 45.2 Å². The number of aliphatic imine (C=N–C) groups is 1. The van der Waals surface area contributed by atoms with Gasteiger partial charge in [-0.2, -0.15) is 0 Å². The molecule has 1 unspecified atom stereocenters. The molecule has 1 saturated heterocycles. The van der Waals surface area contributed by atoms with Crippen LogP contribution in [0.4, 0.5) is 5.69 Å². The fourth-order valence-corrected chi connectivity index (χ4v) is 3.70. The molecule has 1 atom stereocenters. The second kappa shape index (κ2) is 7.68. The van der Waals surface area contributed by atoms with Crippen LogP contribution in [0.25, 0.3) is 0 Å². The molecular formula is C23H29N5. The highest BCUT2D eigenvalue weighted by molar-refractivity contribution is 5.95. The van der Waals surface area contributed by atoms with Crippen LogP contribution in [-0.4, -0.2) is 23.8 Å². The highest BCUT2D eigenvalue weighted by atomic mass is 15.4. The van der Waals surface area contributed by atoms with Gasteiger partial charge in [0.05, 0.1) is 0 Å². The van der Waals surface area contributed by atoms with Gasteiger partial charge in [0.1, 0.15) is 11.7 Å². The van der Waals surface area contributed by atoms with Gasteiger partial charge >= 0.3 is 0 Å². The Labute approximate surface area is 167 Å². The number of nitrogens with zero attached hydrogens (tertiary/aromatic N) is 2. The lowest BCUT2D eigenvalue weighted by molar-refractivity contribution is 0.324. The zero-order valence-electron chi connectivity index (χ0n) is 16.7. The van der Waals surface area contributed by atoms with E-state index in [1.54, 1.807) is 0 Å². The molecule has 0 bridgehead atoms. The third-order valence-electron chi connectivity index (χ3n) is 5.39. The molecule has 28 heavy (non-hydrogen) atoms. The third-order valence-corrected chi connectivity index (χ3v) is 5.39.